The van der Waals surface area contributed by atoms with Crippen LogP contribution >= 0.6 is 0 Å². The third kappa shape index (κ3) is 6.43. The summed E-state index contributed by atoms with van der Waals surface area (Å²) in [5.41, 5.74) is 10.1. The average Bonchev–Trinajstić information content (AvgIpc) is 2.23. The molecule has 0 fully saturated rings. The van der Waals surface area contributed by atoms with Crippen molar-refractivity contribution in [2.75, 3.05) is 6.54 Å². The Morgan fingerprint density at radius 1 is 1.28 bits per heavy atom. The number of hydrogen-bond acceptors (Lipinski definition) is 5. The van der Waals surface area contributed by atoms with Gasteiger partial charge in [0, 0.05) is 0 Å². The SMILES string of the molecule is C[C@H](N)C(=O)NCC(=O)N[C@@H](CC(N)=O)C(=O)O. The lowest BCUT2D eigenvalue weighted by molar-refractivity contribution is -0.143. The van der Waals surface area contributed by atoms with Crippen molar-refractivity contribution in [3.8, 4) is 0 Å². The van der Waals surface area contributed by atoms with Crippen LogP contribution in [-0.4, -0.2) is 47.4 Å². The Hall–Kier alpha value is -2.16. The second kappa shape index (κ2) is 7.22. The van der Waals surface area contributed by atoms with Crippen LogP contribution in [0.3, 0.4) is 0 Å². The van der Waals surface area contributed by atoms with E-state index in [0.29, 0.717) is 0 Å². The summed E-state index contributed by atoms with van der Waals surface area (Å²) in [7, 11) is 0. The van der Waals surface area contributed by atoms with Gasteiger partial charge in [-0.3, -0.25) is 14.4 Å². The Bertz CT molecular complexity index is 355. The Labute approximate surface area is 103 Å². The lowest BCUT2D eigenvalue weighted by Gasteiger charge is -2.13. The first kappa shape index (κ1) is 15.8. The Balaban J connectivity index is 4.22. The fourth-order valence-corrected chi connectivity index (χ4v) is 0.975. The summed E-state index contributed by atoms with van der Waals surface area (Å²) >= 11 is 0. The molecule has 7 N–H and O–H groups in total. The fourth-order valence-electron chi connectivity index (χ4n) is 0.975. The third-order valence-electron chi connectivity index (χ3n) is 1.88. The van der Waals surface area contributed by atoms with Crippen LogP contribution in [0.1, 0.15) is 13.3 Å². The summed E-state index contributed by atoms with van der Waals surface area (Å²) in [5, 5.41) is 12.9. The van der Waals surface area contributed by atoms with E-state index in [2.05, 4.69) is 5.32 Å². The van der Waals surface area contributed by atoms with Crippen molar-refractivity contribution in [3.63, 3.8) is 0 Å². The largest absolute Gasteiger partial charge is 0.480 e. The molecule has 18 heavy (non-hydrogen) atoms. The molecule has 0 saturated heterocycles. The van der Waals surface area contributed by atoms with E-state index in [1.54, 1.807) is 0 Å². The van der Waals surface area contributed by atoms with Crippen molar-refractivity contribution < 1.29 is 24.3 Å². The molecule has 0 rings (SSSR count). The lowest BCUT2D eigenvalue weighted by atomic mass is 10.2. The second-order valence-electron chi connectivity index (χ2n) is 3.64. The van der Waals surface area contributed by atoms with Crippen molar-refractivity contribution >= 4 is 23.7 Å². The number of carbonyl (C=O) groups is 4. The predicted molar refractivity (Wildman–Crippen MR) is 60.0 cm³/mol. The highest BCUT2D eigenvalue weighted by Gasteiger charge is 2.22. The number of nitrogens with one attached hydrogen (secondary N) is 2. The number of rotatable bonds is 7. The minimum atomic E-state index is -1.41. The predicted octanol–water partition coefficient (Wildman–Crippen LogP) is -3.11. The zero-order valence-corrected chi connectivity index (χ0v) is 9.80. The van der Waals surface area contributed by atoms with Gasteiger partial charge >= 0.3 is 5.97 Å². The molecule has 9 nitrogen and oxygen atoms in total. The second-order valence-corrected chi connectivity index (χ2v) is 3.64. The molecule has 3 amide bonds. The zero-order chi connectivity index (χ0) is 14.3. The summed E-state index contributed by atoms with van der Waals surface area (Å²) in [5.74, 6) is -3.55. The Morgan fingerprint density at radius 2 is 1.83 bits per heavy atom. The van der Waals surface area contributed by atoms with Crippen LogP contribution in [-0.2, 0) is 19.2 Å². The summed E-state index contributed by atoms with van der Waals surface area (Å²) in [6.07, 6.45) is -0.525. The molecule has 0 aromatic heterocycles. The van der Waals surface area contributed by atoms with E-state index in [0.717, 1.165) is 0 Å². The maximum atomic E-state index is 11.3. The molecule has 0 aromatic rings. The van der Waals surface area contributed by atoms with Crippen LogP contribution in [0.4, 0.5) is 0 Å². The van der Waals surface area contributed by atoms with Crippen LogP contribution in [0.15, 0.2) is 0 Å². The highest BCUT2D eigenvalue weighted by molar-refractivity contribution is 5.91. The first-order chi connectivity index (χ1) is 8.23. The Kier molecular flexibility index (Phi) is 6.35. The molecule has 9 heteroatoms. The fraction of sp³-hybridized carbons (Fsp3) is 0.556. The monoisotopic (exact) mass is 260 g/mol. The van der Waals surface area contributed by atoms with E-state index in [1.165, 1.54) is 6.92 Å². The molecule has 0 aliphatic rings. The number of primary amides is 1. The molecule has 102 valence electrons. The molecule has 0 aromatic carbocycles. The molecule has 0 bridgehead atoms. The van der Waals surface area contributed by atoms with Gasteiger partial charge in [0.05, 0.1) is 19.0 Å². The summed E-state index contributed by atoms with van der Waals surface area (Å²) in [6.45, 7) is 1.00. The van der Waals surface area contributed by atoms with Gasteiger partial charge in [0.2, 0.25) is 17.7 Å². The maximum Gasteiger partial charge on any atom is 0.326 e. The van der Waals surface area contributed by atoms with Gasteiger partial charge < -0.3 is 27.2 Å². The highest BCUT2D eigenvalue weighted by Crippen LogP contribution is 1.91. The molecule has 0 heterocycles. The van der Waals surface area contributed by atoms with E-state index in [1.807, 2.05) is 5.32 Å². The number of carbonyl (C=O) groups excluding carboxylic acids is 3. The number of carboxylic acids is 1. The van der Waals surface area contributed by atoms with E-state index in [9.17, 15) is 19.2 Å². The molecule has 0 spiro atoms. The van der Waals surface area contributed by atoms with Crippen LogP contribution in [0, 0.1) is 0 Å². The topological polar surface area (TPSA) is 165 Å². The van der Waals surface area contributed by atoms with Crippen molar-refractivity contribution in [1.82, 2.24) is 10.6 Å². The smallest absolute Gasteiger partial charge is 0.326 e. The molecule has 0 unspecified atom stereocenters. The van der Waals surface area contributed by atoms with Crippen LogP contribution in [0.5, 0.6) is 0 Å². The summed E-state index contributed by atoms with van der Waals surface area (Å²) < 4.78 is 0. The molecule has 0 radical (unpaired) electrons. The van der Waals surface area contributed by atoms with Gasteiger partial charge in [0.25, 0.3) is 0 Å². The molecule has 0 saturated carbocycles. The average molecular weight is 260 g/mol. The zero-order valence-electron chi connectivity index (χ0n) is 9.80. The van der Waals surface area contributed by atoms with Crippen molar-refractivity contribution in [2.24, 2.45) is 11.5 Å². The van der Waals surface area contributed by atoms with Crippen LogP contribution in [0.25, 0.3) is 0 Å². The number of nitrogens with two attached hydrogens (primary N) is 2. The highest BCUT2D eigenvalue weighted by atomic mass is 16.4. The lowest BCUT2D eigenvalue weighted by Crippen LogP contribution is -2.48. The van der Waals surface area contributed by atoms with Gasteiger partial charge in [0.15, 0.2) is 0 Å². The molecular weight excluding hydrogens is 244 g/mol. The van der Waals surface area contributed by atoms with Gasteiger partial charge in [-0.2, -0.15) is 0 Å². The van der Waals surface area contributed by atoms with Crippen LogP contribution < -0.4 is 22.1 Å². The van der Waals surface area contributed by atoms with E-state index in [4.69, 9.17) is 16.6 Å². The maximum absolute atomic E-state index is 11.3. The molecule has 0 aliphatic carbocycles. The summed E-state index contributed by atoms with van der Waals surface area (Å²) in [4.78, 5) is 43.6. The molecule has 2 atom stereocenters. The van der Waals surface area contributed by atoms with E-state index >= 15 is 0 Å². The standard InChI is InChI=1S/C9H16N4O5/c1-4(10)8(16)12-3-7(15)13-5(9(17)18)2-6(11)14/h4-5H,2-3,10H2,1H3,(H2,11,14)(H,12,16)(H,13,15)(H,17,18)/t4-,5-/m0/s1. The summed E-state index contributed by atoms with van der Waals surface area (Å²) in [6, 6.07) is -2.19. The van der Waals surface area contributed by atoms with Gasteiger partial charge in [-0.1, -0.05) is 0 Å². The first-order valence-corrected chi connectivity index (χ1v) is 5.07. The Morgan fingerprint density at radius 3 is 2.22 bits per heavy atom. The van der Waals surface area contributed by atoms with Crippen molar-refractivity contribution in [1.29, 1.82) is 0 Å². The van der Waals surface area contributed by atoms with Gasteiger partial charge in [-0.05, 0) is 6.92 Å². The van der Waals surface area contributed by atoms with Gasteiger partial charge in [0.1, 0.15) is 6.04 Å². The molecule has 0 aliphatic heterocycles. The number of aliphatic carboxylic acids is 1. The van der Waals surface area contributed by atoms with Crippen molar-refractivity contribution in [2.45, 2.75) is 25.4 Å². The van der Waals surface area contributed by atoms with Gasteiger partial charge in [-0.25, -0.2) is 4.79 Å². The number of carboxylic acid groups (broad SMARTS) is 1. The molecular formula is C9H16N4O5. The normalized spacial score (nSPS) is 13.2. The third-order valence-corrected chi connectivity index (χ3v) is 1.88. The van der Waals surface area contributed by atoms with Gasteiger partial charge in [-0.15, -0.1) is 0 Å². The number of amides is 3. The van der Waals surface area contributed by atoms with E-state index in [-0.39, 0.29) is 0 Å². The van der Waals surface area contributed by atoms with E-state index < -0.39 is 48.7 Å². The minimum absolute atomic E-state index is 0.428. The quantitative estimate of drug-likeness (QED) is 0.325. The minimum Gasteiger partial charge on any atom is -0.480 e. The number of hydrogen-bond donors (Lipinski definition) is 5. The first-order valence-electron chi connectivity index (χ1n) is 5.07. The van der Waals surface area contributed by atoms with Crippen LogP contribution in [0.2, 0.25) is 0 Å². The van der Waals surface area contributed by atoms with Crippen molar-refractivity contribution in [3.05, 3.63) is 0 Å².